The number of rotatable bonds is 11. The van der Waals surface area contributed by atoms with Crippen molar-refractivity contribution in [3.63, 3.8) is 0 Å². The normalized spacial score (nSPS) is 24.0. The third-order valence-corrected chi connectivity index (χ3v) is 14.1. The minimum atomic E-state index is -1.98. The maximum absolute atomic E-state index is 16.6. The van der Waals surface area contributed by atoms with E-state index in [0.717, 1.165) is 41.7 Å². The number of hydrogen-bond acceptors (Lipinski definition) is 13. The zero-order valence-corrected chi connectivity index (χ0v) is 38.9. The highest BCUT2D eigenvalue weighted by Crippen LogP contribution is 2.66. The number of methoxy groups -OCH3 is 1. The van der Waals surface area contributed by atoms with Gasteiger partial charge in [0.1, 0.15) is 36.5 Å². The fourth-order valence-corrected chi connectivity index (χ4v) is 11.0. The lowest BCUT2D eigenvalue weighted by atomic mass is 9.64. The summed E-state index contributed by atoms with van der Waals surface area (Å²) in [5.74, 6) is 4.40. The van der Waals surface area contributed by atoms with Crippen molar-refractivity contribution in [3.05, 3.63) is 161 Å². The number of fused-ring (bicyclic) bond motifs is 3. The van der Waals surface area contributed by atoms with Gasteiger partial charge in [-0.15, -0.1) is 0 Å². The summed E-state index contributed by atoms with van der Waals surface area (Å²) in [6.45, 7) is 0.998. The Morgan fingerprint density at radius 3 is 2.21 bits per heavy atom. The van der Waals surface area contributed by atoms with Crippen molar-refractivity contribution in [1.82, 2.24) is 19.8 Å². The molecule has 1 spiro atoms. The topological polar surface area (TPSA) is 164 Å². The predicted molar refractivity (Wildman–Crippen MR) is 258 cm³/mol. The van der Waals surface area contributed by atoms with Crippen molar-refractivity contribution < 1.29 is 43.2 Å². The first-order valence-corrected chi connectivity index (χ1v) is 23.9. The van der Waals surface area contributed by atoms with Gasteiger partial charge in [-0.3, -0.25) is 19.3 Å². The number of benzene rings is 4. The maximum atomic E-state index is 16.6. The molecule has 5 aromatic rings. The molecule has 0 saturated carbocycles. The van der Waals surface area contributed by atoms with E-state index in [2.05, 4.69) is 27.9 Å². The van der Waals surface area contributed by atoms with Crippen LogP contribution in [0.2, 0.25) is 0 Å². The number of aliphatic hydroxyl groups is 1. The maximum Gasteiger partial charge on any atom is 0.421 e. The zero-order valence-electron chi connectivity index (χ0n) is 38.9. The van der Waals surface area contributed by atoms with E-state index >= 15 is 14.4 Å². The summed E-state index contributed by atoms with van der Waals surface area (Å²) in [7, 11) is 1.48. The molecule has 6 atom stereocenters. The Kier molecular flexibility index (Phi) is 13.4. The Morgan fingerprint density at radius 1 is 0.800 bits per heavy atom. The number of cyclic esters (lactones) is 1. The molecule has 3 amide bonds. The molecular formula is C55H54N6O9. The number of imide groups is 1. The van der Waals surface area contributed by atoms with E-state index in [1.54, 1.807) is 47.6 Å². The number of allylic oxidation sites excluding steroid dienone is 2. The Morgan fingerprint density at radius 2 is 1.53 bits per heavy atom. The van der Waals surface area contributed by atoms with Gasteiger partial charge in [-0.05, 0) is 89.9 Å². The van der Waals surface area contributed by atoms with Gasteiger partial charge in [-0.1, -0.05) is 90.7 Å². The molecule has 6 unspecified atom stereocenters. The van der Waals surface area contributed by atoms with E-state index < -0.39 is 59.4 Å². The first-order valence-electron chi connectivity index (χ1n) is 23.9. The molecule has 70 heavy (non-hydrogen) atoms. The van der Waals surface area contributed by atoms with Crippen LogP contribution in [0.1, 0.15) is 71.7 Å². The summed E-state index contributed by atoms with van der Waals surface area (Å²) in [6.07, 6.45) is 7.57. The number of aliphatic hydroxyl groups excluding tert-OH is 1. The highest BCUT2D eigenvalue weighted by atomic mass is 16.6. The van der Waals surface area contributed by atoms with Gasteiger partial charge in [0, 0.05) is 51.2 Å². The molecule has 358 valence electrons. The van der Waals surface area contributed by atoms with Crippen LogP contribution in [0.3, 0.4) is 0 Å². The fraction of sp³-hybridized carbons (Fsp3) is 0.345. The van der Waals surface area contributed by atoms with Crippen molar-refractivity contribution in [2.45, 2.75) is 55.3 Å². The van der Waals surface area contributed by atoms with Crippen LogP contribution in [0.5, 0.6) is 5.75 Å². The van der Waals surface area contributed by atoms with Gasteiger partial charge < -0.3 is 33.9 Å². The van der Waals surface area contributed by atoms with Crippen LogP contribution >= 0.6 is 0 Å². The molecule has 3 fully saturated rings. The molecule has 15 heteroatoms. The van der Waals surface area contributed by atoms with Crippen LogP contribution in [0.25, 0.3) is 0 Å². The molecular weight excluding hydrogens is 889 g/mol. The molecule has 5 heterocycles. The first-order chi connectivity index (χ1) is 34.3. The van der Waals surface area contributed by atoms with Gasteiger partial charge in [0.2, 0.25) is 17.8 Å². The Bertz CT molecular complexity index is 2810. The van der Waals surface area contributed by atoms with Crippen LogP contribution < -0.4 is 14.5 Å². The lowest BCUT2D eigenvalue weighted by Gasteiger charge is -2.46. The number of carbonyl (C=O) groups is 4. The Hall–Kier alpha value is -7.38. The molecule has 0 bridgehead atoms. The van der Waals surface area contributed by atoms with E-state index in [0.29, 0.717) is 47.0 Å². The van der Waals surface area contributed by atoms with Gasteiger partial charge in [-0.2, -0.15) is 0 Å². The molecule has 4 aliphatic heterocycles. The second-order valence-electron chi connectivity index (χ2n) is 18.0. The smallest absolute Gasteiger partial charge is 0.421 e. The van der Waals surface area contributed by atoms with Crippen molar-refractivity contribution in [2.24, 2.45) is 5.92 Å². The number of amides is 3. The number of aromatic nitrogens is 2. The van der Waals surface area contributed by atoms with E-state index in [4.69, 9.17) is 18.9 Å². The van der Waals surface area contributed by atoms with Crippen molar-refractivity contribution in [3.8, 4) is 17.6 Å². The van der Waals surface area contributed by atoms with Crippen LogP contribution in [-0.4, -0.2) is 115 Å². The third-order valence-electron chi connectivity index (χ3n) is 14.1. The van der Waals surface area contributed by atoms with Crippen LogP contribution in [-0.2, 0) is 34.0 Å². The molecule has 1 aromatic heterocycles. The number of ether oxygens (including phenoxy) is 4. The molecule has 0 radical (unpaired) electrons. The van der Waals surface area contributed by atoms with Gasteiger partial charge in [-0.25, -0.2) is 19.7 Å². The number of esters is 1. The van der Waals surface area contributed by atoms with Gasteiger partial charge in [0.15, 0.2) is 0 Å². The molecule has 5 aliphatic rings. The molecule has 3 saturated heterocycles. The van der Waals surface area contributed by atoms with Crippen molar-refractivity contribution >= 4 is 35.5 Å². The standard InChI is InChI=1S/C55H54N6O9/c1-67-34-35-69-54(66)60-44-25-20-38(19-18-37-12-5-2-6-13-37)36-43(44)55(52(60)65)45(50(63)58-28-30-59(31-29-58)53-56-26-11-27-57-53)47-51(64)70-48(40-16-9-4-10-17-40)46(39-14-7-3-8-15-39)61(47)49(55)41-21-23-42(24-22-41)68-33-32-62/h3-4,7-12,14-17,20-27,36,45-49,62H,2,5-6,13,28-35H2,1H3. The van der Waals surface area contributed by atoms with E-state index in [9.17, 15) is 9.90 Å². The largest absolute Gasteiger partial charge is 0.491 e. The summed E-state index contributed by atoms with van der Waals surface area (Å²) in [4.78, 5) is 78.7. The van der Waals surface area contributed by atoms with E-state index in [1.807, 2.05) is 88.7 Å². The Labute approximate surface area is 406 Å². The van der Waals surface area contributed by atoms with Gasteiger partial charge >= 0.3 is 12.1 Å². The van der Waals surface area contributed by atoms with E-state index in [1.165, 1.54) is 7.11 Å². The summed E-state index contributed by atoms with van der Waals surface area (Å²) in [5, 5.41) is 9.64. The highest BCUT2D eigenvalue weighted by molar-refractivity contribution is 6.23. The van der Waals surface area contributed by atoms with E-state index in [-0.39, 0.29) is 45.2 Å². The molecule has 4 aromatic carbocycles. The lowest BCUT2D eigenvalue weighted by Crippen LogP contribution is -2.59. The summed E-state index contributed by atoms with van der Waals surface area (Å²) < 4.78 is 23.5. The first kappa shape index (κ1) is 46.4. The quantitative estimate of drug-likeness (QED) is 0.0869. The monoisotopic (exact) mass is 942 g/mol. The highest BCUT2D eigenvalue weighted by Gasteiger charge is 2.76. The Balaban J connectivity index is 1.23. The molecule has 1 N–H and O–H groups in total. The molecule has 15 nitrogen and oxygen atoms in total. The van der Waals surface area contributed by atoms with Crippen molar-refractivity contribution in [2.75, 3.05) is 69.5 Å². The number of piperazine rings is 1. The van der Waals surface area contributed by atoms with Crippen LogP contribution in [0.15, 0.2) is 133 Å². The SMILES string of the molecule is COCCOC(=O)N1C(=O)C2(c3cc(C#CC4=CCCCC4)ccc31)C(C(=O)N1CCN(c3ncccn3)CC1)C1C(=O)OC(c3ccccc3)C(c3ccccc3)N1C2c1ccc(OCCO)cc1. The zero-order chi connectivity index (χ0) is 48.2. The molecule has 10 rings (SSSR count). The lowest BCUT2D eigenvalue weighted by molar-refractivity contribution is -0.179. The number of hydrogen-bond donors (Lipinski definition) is 1. The number of carbonyl (C=O) groups excluding carboxylic acids is 4. The average molecular weight is 943 g/mol. The second-order valence-corrected chi connectivity index (χ2v) is 18.0. The number of anilines is 2. The van der Waals surface area contributed by atoms with Gasteiger partial charge in [0.25, 0.3) is 0 Å². The molecule has 1 aliphatic carbocycles. The number of nitrogens with zero attached hydrogens (tertiary/aromatic N) is 6. The minimum Gasteiger partial charge on any atom is -0.491 e. The summed E-state index contributed by atoms with van der Waals surface area (Å²) >= 11 is 0. The fourth-order valence-electron chi connectivity index (χ4n) is 11.0. The second kappa shape index (κ2) is 20.3. The predicted octanol–water partition coefficient (Wildman–Crippen LogP) is 6.50. The summed E-state index contributed by atoms with van der Waals surface area (Å²) in [6, 6.07) is 30.1. The van der Waals surface area contributed by atoms with Crippen LogP contribution in [0.4, 0.5) is 16.4 Å². The van der Waals surface area contributed by atoms with Gasteiger partial charge in [0.05, 0.1) is 36.9 Å². The third kappa shape index (κ3) is 8.46. The number of morpholine rings is 1. The van der Waals surface area contributed by atoms with Crippen molar-refractivity contribution in [1.29, 1.82) is 0 Å². The van der Waals surface area contributed by atoms with Crippen LogP contribution in [0, 0.1) is 17.8 Å². The summed E-state index contributed by atoms with van der Waals surface area (Å²) in [5.41, 5.74) is 2.25. The minimum absolute atomic E-state index is 0.0501. The average Bonchev–Trinajstić information content (AvgIpc) is 3.87.